The van der Waals surface area contributed by atoms with Crippen LogP contribution >= 0.6 is 11.3 Å². The Morgan fingerprint density at radius 2 is 1.83 bits per heavy atom. The maximum Gasteiger partial charge on any atom is 0.251 e. The highest BCUT2D eigenvalue weighted by Gasteiger charge is 2.19. The molecule has 1 N–H and O–H groups in total. The van der Waals surface area contributed by atoms with Crippen LogP contribution in [0.1, 0.15) is 20.8 Å². The minimum Gasteiger partial charge on any atom is -0.493 e. The van der Waals surface area contributed by atoms with Gasteiger partial charge in [-0.1, -0.05) is 12.1 Å². The Bertz CT molecular complexity index is 1420. The second-order valence-corrected chi connectivity index (χ2v) is 8.78. The highest BCUT2D eigenvalue weighted by molar-refractivity contribution is 7.17. The van der Waals surface area contributed by atoms with Gasteiger partial charge in [-0.3, -0.25) is 9.59 Å². The van der Waals surface area contributed by atoms with E-state index in [9.17, 15) is 14.0 Å². The summed E-state index contributed by atoms with van der Waals surface area (Å²) in [4.78, 5) is 32.0. The van der Waals surface area contributed by atoms with Crippen molar-refractivity contribution in [2.75, 3.05) is 39.8 Å². The molecule has 0 radical (unpaired) electrons. The zero-order valence-electron chi connectivity index (χ0n) is 19.7. The molecule has 2 aromatic carbocycles. The Morgan fingerprint density at radius 1 is 1.06 bits per heavy atom. The first-order valence-corrected chi connectivity index (χ1v) is 11.6. The number of methoxy groups -OCH3 is 2. The molecule has 7 nitrogen and oxygen atoms in total. The fourth-order valence-corrected chi connectivity index (χ4v) is 4.66. The zero-order chi connectivity index (χ0) is 25.1. The first-order chi connectivity index (χ1) is 16.8. The van der Waals surface area contributed by atoms with Gasteiger partial charge in [0.1, 0.15) is 11.5 Å². The van der Waals surface area contributed by atoms with E-state index in [1.54, 1.807) is 36.4 Å². The van der Waals surface area contributed by atoms with E-state index in [2.05, 4.69) is 10.3 Å². The molecule has 9 heteroatoms. The van der Waals surface area contributed by atoms with Crippen LogP contribution in [0.15, 0.2) is 53.9 Å². The maximum atomic E-state index is 14.3. The number of amides is 1. The number of rotatable bonds is 8. The van der Waals surface area contributed by atoms with Crippen molar-refractivity contribution >= 4 is 38.8 Å². The Labute approximate surface area is 206 Å². The van der Waals surface area contributed by atoms with Crippen LogP contribution in [-0.2, 0) is 0 Å². The number of carbonyl (C=O) groups excluding carboxylic acids is 2. The normalized spacial score (nSPS) is 10.8. The Balaban J connectivity index is 1.59. The minimum absolute atomic E-state index is 0.203. The molecule has 0 aliphatic rings. The number of benzene rings is 2. The van der Waals surface area contributed by atoms with Gasteiger partial charge in [0, 0.05) is 36.0 Å². The Morgan fingerprint density at radius 3 is 2.54 bits per heavy atom. The molecule has 0 spiro atoms. The lowest BCUT2D eigenvalue weighted by atomic mass is 10.1. The number of thiophene rings is 1. The molecule has 2 heterocycles. The summed E-state index contributed by atoms with van der Waals surface area (Å²) in [5, 5.41) is 5.21. The molecule has 0 bridgehead atoms. The standard InChI is InChI=1S/C26H24FN3O4S/c1-30(2)20-10-9-19(29-24(20)17-14-35-25-16(17)6-5-7-18(25)27)21(31)13-28-26(32)15-8-11-22(33-3)23(12-15)34-4/h5-12,14H,13H2,1-4H3,(H,28,32). The third-order valence-electron chi connectivity index (χ3n) is 5.50. The summed E-state index contributed by atoms with van der Waals surface area (Å²) in [6.07, 6.45) is 0. The molecule has 0 aliphatic heterocycles. The summed E-state index contributed by atoms with van der Waals surface area (Å²) < 4.78 is 25.2. The number of hydrogen-bond acceptors (Lipinski definition) is 7. The van der Waals surface area contributed by atoms with E-state index >= 15 is 0 Å². The zero-order valence-corrected chi connectivity index (χ0v) is 20.5. The third kappa shape index (κ3) is 4.81. The van der Waals surface area contributed by atoms with Crippen LogP contribution in [0.5, 0.6) is 11.5 Å². The summed E-state index contributed by atoms with van der Waals surface area (Å²) in [6.45, 7) is -0.236. The summed E-state index contributed by atoms with van der Waals surface area (Å²) >= 11 is 1.29. The molecule has 180 valence electrons. The van der Waals surface area contributed by atoms with Crippen LogP contribution in [0.4, 0.5) is 10.1 Å². The SMILES string of the molecule is COc1ccc(C(=O)NCC(=O)c2ccc(N(C)C)c(-c3csc4c(F)cccc34)n2)cc1OC. The molecule has 0 fully saturated rings. The van der Waals surface area contributed by atoms with Crippen LogP contribution in [0.3, 0.4) is 0 Å². The van der Waals surface area contributed by atoms with Gasteiger partial charge in [-0.05, 0) is 36.4 Å². The van der Waals surface area contributed by atoms with Crippen molar-refractivity contribution in [2.45, 2.75) is 0 Å². The van der Waals surface area contributed by atoms with E-state index in [0.717, 1.165) is 16.6 Å². The number of ether oxygens (including phenoxy) is 2. The van der Waals surface area contributed by atoms with Crippen molar-refractivity contribution in [3.63, 3.8) is 0 Å². The average Bonchev–Trinajstić information content (AvgIpc) is 3.31. The predicted octanol–water partition coefficient (Wildman–Crippen LogP) is 4.80. The van der Waals surface area contributed by atoms with Gasteiger partial charge in [-0.15, -0.1) is 11.3 Å². The van der Waals surface area contributed by atoms with E-state index in [1.165, 1.54) is 31.6 Å². The van der Waals surface area contributed by atoms with E-state index < -0.39 is 5.91 Å². The molecule has 2 aromatic heterocycles. The second-order valence-electron chi connectivity index (χ2n) is 7.90. The molecule has 0 atom stereocenters. The van der Waals surface area contributed by atoms with Crippen molar-refractivity contribution in [3.8, 4) is 22.8 Å². The van der Waals surface area contributed by atoms with Crippen molar-refractivity contribution in [1.82, 2.24) is 10.3 Å². The van der Waals surface area contributed by atoms with E-state index in [-0.39, 0.29) is 23.8 Å². The van der Waals surface area contributed by atoms with Crippen molar-refractivity contribution in [1.29, 1.82) is 0 Å². The highest BCUT2D eigenvalue weighted by atomic mass is 32.1. The van der Waals surface area contributed by atoms with E-state index in [4.69, 9.17) is 9.47 Å². The average molecular weight is 494 g/mol. The lowest BCUT2D eigenvalue weighted by Gasteiger charge is -2.17. The van der Waals surface area contributed by atoms with Gasteiger partial charge in [0.15, 0.2) is 17.3 Å². The second kappa shape index (κ2) is 10.1. The van der Waals surface area contributed by atoms with E-state index in [1.807, 2.05) is 30.4 Å². The maximum absolute atomic E-state index is 14.3. The summed E-state index contributed by atoms with van der Waals surface area (Å²) in [6, 6.07) is 13.1. The fraction of sp³-hybridized carbons (Fsp3) is 0.192. The smallest absolute Gasteiger partial charge is 0.251 e. The van der Waals surface area contributed by atoms with E-state index in [0.29, 0.717) is 27.5 Å². The van der Waals surface area contributed by atoms with Crippen LogP contribution in [0, 0.1) is 5.82 Å². The van der Waals surface area contributed by atoms with Gasteiger partial charge >= 0.3 is 0 Å². The minimum atomic E-state index is -0.427. The van der Waals surface area contributed by atoms with Gasteiger partial charge in [-0.2, -0.15) is 0 Å². The van der Waals surface area contributed by atoms with Crippen LogP contribution in [0.25, 0.3) is 21.3 Å². The molecule has 35 heavy (non-hydrogen) atoms. The largest absolute Gasteiger partial charge is 0.493 e. The third-order valence-corrected chi connectivity index (χ3v) is 6.51. The van der Waals surface area contributed by atoms with Crippen molar-refractivity contribution in [2.24, 2.45) is 0 Å². The first kappa shape index (κ1) is 24.2. The number of fused-ring (bicyclic) bond motifs is 1. The number of hydrogen-bond donors (Lipinski definition) is 1. The molecule has 4 aromatic rings. The molecule has 4 rings (SSSR count). The van der Waals surface area contributed by atoms with Crippen molar-refractivity contribution in [3.05, 3.63) is 71.0 Å². The molecule has 0 saturated carbocycles. The summed E-state index contributed by atoms with van der Waals surface area (Å²) in [5.74, 6) is -0.162. The number of nitrogens with one attached hydrogen (secondary N) is 1. The van der Waals surface area contributed by atoms with Gasteiger partial charge in [0.2, 0.25) is 0 Å². The molecular formula is C26H24FN3O4S. The van der Waals surface area contributed by atoms with Gasteiger partial charge in [-0.25, -0.2) is 9.37 Å². The van der Waals surface area contributed by atoms with Crippen LogP contribution < -0.4 is 19.7 Å². The molecule has 0 unspecified atom stereocenters. The molecular weight excluding hydrogens is 469 g/mol. The quantitative estimate of drug-likeness (QED) is 0.355. The number of carbonyl (C=O) groups is 2. The Kier molecular flexibility index (Phi) is 6.97. The first-order valence-electron chi connectivity index (χ1n) is 10.7. The fourth-order valence-electron chi connectivity index (χ4n) is 3.70. The van der Waals surface area contributed by atoms with Crippen LogP contribution in [0.2, 0.25) is 0 Å². The topological polar surface area (TPSA) is 80.8 Å². The van der Waals surface area contributed by atoms with Crippen LogP contribution in [-0.4, -0.2) is 51.5 Å². The van der Waals surface area contributed by atoms with Crippen molar-refractivity contribution < 1.29 is 23.5 Å². The lowest BCUT2D eigenvalue weighted by Crippen LogP contribution is -2.30. The number of anilines is 1. The Hall–Kier alpha value is -3.98. The van der Waals surface area contributed by atoms with Gasteiger partial charge in [0.05, 0.1) is 36.8 Å². The highest BCUT2D eigenvalue weighted by Crippen LogP contribution is 2.38. The molecule has 1 amide bonds. The number of aromatic nitrogens is 1. The monoisotopic (exact) mass is 493 g/mol. The number of Topliss-reactive ketones (excluding diaryl/α,β-unsaturated/α-hetero) is 1. The number of nitrogens with zero attached hydrogens (tertiary/aromatic N) is 2. The van der Waals surface area contributed by atoms with Gasteiger partial charge < -0.3 is 19.7 Å². The lowest BCUT2D eigenvalue weighted by molar-refractivity contribution is 0.0902. The molecule has 0 aliphatic carbocycles. The summed E-state index contributed by atoms with van der Waals surface area (Å²) in [7, 11) is 6.74. The predicted molar refractivity (Wildman–Crippen MR) is 136 cm³/mol. The summed E-state index contributed by atoms with van der Waals surface area (Å²) in [5.41, 5.74) is 2.65. The molecule has 0 saturated heterocycles. The van der Waals surface area contributed by atoms with Gasteiger partial charge in [0.25, 0.3) is 5.91 Å². The number of ketones is 1. The number of pyridine rings is 1. The number of halogens is 1.